The van der Waals surface area contributed by atoms with Gasteiger partial charge in [0.2, 0.25) is 5.91 Å². The molecule has 0 saturated heterocycles. The van der Waals surface area contributed by atoms with Crippen molar-refractivity contribution in [3.63, 3.8) is 0 Å². The van der Waals surface area contributed by atoms with Crippen LogP contribution >= 0.6 is 22.7 Å². The van der Waals surface area contributed by atoms with Gasteiger partial charge in [-0.25, -0.2) is 0 Å². The quantitative estimate of drug-likeness (QED) is 0.795. The number of carbonyl (C=O) groups is 1. The summed E-state index contributed by atoms with van der Waals surface area (Å²) in [6, 6.07) is 5.08. The molecule has 1 fully saturated rings. The Morgan fingerprint density at radius 3 is 3.00 bits per heavy atom. The molecule has 2 aliphatic carbocycles. The van der Waals surface area contributed by atoms with E-state index in [4.69, 9.17) is 0 Å². The van der Waals surface area contributed by atoms with Crippen molar-refractivity contribution in [3.05, 3.63) is 38.4 Å². The van der Waals surface area contributed by atoms with E-state index in [-0.39, 0.29) is 5.91 Å². The second-order valence-corrected chi connectivity index (χ2v) is 8.69. The number of amides is 1. The summed E-state index contributed by atoms with van der Waals surface area (Å²) in [5, 5.41) is 17.5. The zero-order chi connectivity index (χ0) is 17.2. The zero-order valence-electron chi connectivity index (χ0n) is 14.1. The molecule has 2 heterocycles. The van der Waals surface area contributed by atoms with E-state index in [1.807, 2.05) is 0 Å². The number of aryl methyl sites for hydroxylation is 1. The number of hydrogen-bond acceptors (Lipinski definition) is 5. The fourth-order valence-corrected chi connectivity index (χ4v) is 5.41. The van der Waals surface area contributed by atoms with Gasteiger partial charge in [0.05, 0.1) is 5.56 Å². The van der Waals surface area contributed by atoms with Crippen LogP contribution in [0.1, 0.15) is 47.3 Å². The van der Waals surface area contributed by atoms with Gasteiger partial charge in [0.25, 0.3) is 0 Å². The second-order valence-electron chi connectivity index (χ2n) is 6.80. The lowest BCUT2D eigenvalue weighted by Gasteiger charge is -2.21. The summed E-state index contributed by atoms with van der Waals surface area (Å²) in [5.74, 6) is 0.0207. The van der Waals surface area contributed by atoms with E-state index < -0.39 is 0 Å². The largest absolute Gasteiger partial charge is 0.317 e. The zero-order valence-corrected chi connectivity index (χ0v) is 15.7. The van der Waals surface area contributed by atoms with Crippen LogP contribution in [0.4, 0.5) is 5.00 Å². The van der Waals surface area contributed by atoms with Gasteiger partial charge in [-0.1, -0.05) is 0 Å². The fourth-order valence-electron chi connectivity index (χ4n) is 3.49. The lowest BCUT2D eigenvalue weighted by atomic mass is 10.1. The van der Waals surface area contributed by atoms with E-state index in [0.717, 1.165) is 37.4 Å². The normalized spacial score (nSPS) is 16.0. The molecule has 4 rings (SSSR count). The van der Waals surface area contributed by atoms with Crippen molar-refractivity contribution < 1.29 is 4.79 Å². The van der Waals surface area contributed by atoms with Crippen molar-refractivity contribution >= 4 is 33.6 Å². The number of thiophene rings is 2. The number of fused-ring (bicyclic) bond motifs is 1. The topological polar surface area (TPSA) is 56.1 Å². The summed E-state index contributed by atoms with van der Waals surface area (Å²) < 4.78 is 0. The van der Waals surface area contributed by atoms with Crippen LogP contribution in [0.2, 0.25) is 0 Å². The maximum Gasteiger partial charge on any atom is 0.226 e. The summed E-state index contributed by atoms with van der Waals surface area (Å²) in [4.78, 5) is 16.1. The number of hydrogen-bond donors (Lipinski definition) is 1. The third kappa shape index (κ3) is 3.79. The van der Waals surface area contributed by atoms with Crippen LogP contribution in [0, 0.1) is 11.3 Å². The molecule has 0 atom stereocenters. The number of anilines is 1. The average molecular weight is 372 g/mol. The van der Waals surface area contributed by atoms with Crippen LogP contribution in [0.3, 0.4) is 0 Å². The maximum atomic E-state index is 12.4. The first kappa shape index (κ1) is 16.8. The first-order valence-electron chi connectivity index (χ1n) is 8.84. The van der Waals surface area contributed by atoms with Crippen molar-refractivity contribution in [1.82, 2.24) is 4.90 Å². The lowest BCUT2D eigenvalue weighted by molar-refractivity contribution is -0.116. The van der Waals surface area contributed by atoms with Crippen molar-refractivity contribution in [2.45, 2.75) is 51.1 Å². The van der Waals surface area contributed by atoms with E-state index in [2.05, 4.69) is 33.1 Å². The molecule has 1 saturated carbocycles. The van der Waals surface area contributed by atoms with Crippen LogP contribution in [-0.4, -0.2) is 23.4 Å². The molecule has 0 bridgehead atoms. The van der Waals surface area contributed by atoms with Crippen molar-refractivity contribution in [2.75, 3.05) is 11.9 Å². The Kier molecular flexibility index (Phi) is 4.89. The van der Waals surface area contributed by atoms with Crippen molar-refractivity contribution in [3.8, 4) is 6.07 Å². The van der Waals surface area contributed by atoms with Gasteiger partial charge in [-0.3, -0.25) is 9.69 Å². The lowest BCUT2D eigenvalue weighted by Crippen LogP contribution is -2.29. The van der Waals surface area contributed by atoms with E-state index >= 15 is 0 Å². The van der Waals surface area contributed by atoms with Gasteiger partial charge in [0, 0.05) is 30.4 Å². The average Bonchev–Trinajstić information content (AvgIpc) is 3.00. The van der Waals surface area contributed by atoms with Crippen LogP contribution in [-0.2, 0) is 24.2 Å². The van der Waals surface area contributed by atoms with E-state index in [1.165, 1.54) is 28.8 Å². The van der Waals surface area contributed by atoms with Gasteiger partial charge in [-0.2, -0.15) is 16.6 Å². The Labute approximate surface area is 156 Å². The standard InChI is InChI=1S/C19H21N3OS2/c20-10-16-15-2-1-3-17(15)25-19(16)21-18(23)6-8-22(14-4-5-14)11-13-7-9-24-12-13/h7,9,12,14H,1-6,8,11H2,(H,21,23). The van der Waals surface area contributed by atoms with Gasteiger partial charge in [-0.05, 0) is 60.1 Å². The molecule has 0 radical (unpaired) electrons. The smallest absolute Gasteiger partial charge is 0.226 e. The molecule has 2 aromatic heterocycles. The Morgan fingerprint density at radius 1 is 1.40 bits per heavy atom. The van der Waals surface area contributed by atoms with E-state index in [9.17, 15) is 10.1 Å². The van der Waals surface area contributed by atoms with Gasteiger partial charge in [0.15, 0.2) is 0 Å². The molecule has 25 heavy (non-hydrogen) atoms. The van der Waals surface area contributed by atoms with Crippen molar-refractivity contribution in [1.29, 1.82) is 5.26 Å². The summed E-state index contributed by atoms with van der Waals surface area (Å²) >= 11 is 3.31. The van der Waals surface area contributed by atoms with Crippen molar-refractivity contribution in [2.24, 2.45) is 0 Å². The highest BCUT2D eigenvalue weighted by molar-refractivity contribution is 7.16. The molecule has 1 N–H and O–H groups in total. The minimum absolute atomic E-state index is 0.0207. The minimum Gasteiger partial charge on any atom is -0.317 e. The summed E-state index contributed by atoms with van der Waals surface area (Å²) in [7, 11) is 0. The van der Waals surface area contributed by atoms with Gasteiger partial charge < -0.3 is 5.32 Å². The van der Waals surface area contributed by atoms with Crippen LogP contribution in [0.25, 0.3) is 0 Å². The molecule has 4 nitrogen and oxygen atoms in total. The van der Waals surface area contributed by atoms with Crippen LogP contribution in [0.15, 0.2) is 16.8 Å². The highest BCUT2D eigenvalue weighted by Crippen LogP contribution is 2.38. The Hall–Kier alpha value is -1.68. The molecule has 0 aliphatic heterocycles. The molecule has 0 spiro atoms. The molecule has 1 amide bonds. The maximum absolute atomic E-state index is 12.4. The van der Waals surface area contributed by atoms with E-state index in [1.54, 1.807) is 22.7 Å². The number of nitrogens with zero attached hydrogens (tertiary/aromatic N) is 2. The monoisotopic (exact) mass is 371 g/mol. The Bertz CT molecular complexity index is 799. The summed E-state index contributed by atoms with van der Waals surface area (Å²) in [5.41, 5.74) is 3.20. The third-order valence-electron chi connectivity index (χ3n) is 4.94. The Balaban J connectivity index is 1.35. The summed E-state index contributed by atoms with van der Waals surface area (Å²) in [6.07, 6.45) is 6.10. The SMILES string of the molecule is N#Cc1c(NC(=O)CCN(Cc2ccsc2)C2CC2)sc2c1CCC2. The first-order chi connectivity index (χ1) is 12.2. The first-order valence-corrected chi connectivity index (χ1v) is 10.6. The van der Waals surface area contributed by atoms with E-state index in [0.29, 0.717) is 18.0 Å². The highest BCUT2D eigenvalue weighted by Gasteiger charge is 2.29. The highest BCUT2D eigenvalue weighted by atomic mass is 32.1. The number of rotatable bonds is 7. The fraction of sp³-hybridized carbons (Fsp3) is 0.474. The van der Waals surface area contributed by atoms with Gasteiger partial charge >= 0.3 is 0 Å². The third-order valence-corrected chi connectivity index (χ3v) is 6.88. The molecule has 130 valence electrons. The predicted octanol–water partition coefficient (Wildman–Crippen LogP) is 4.16. The Morgan fingerprint density at radius 2 is 2.28 bits per heavy atom. The molecular weight excluding hydrogens is 350 g/mol. The van der Waals surface area contributed by atoms with Crippen LogP contribution < -0.4 is 5.32 Å². The minimum atomic E-state index is 0.0207. The van der Waals surface area contributed by atoms with Gasteiger partial charge in [0.1, 0.15) is 11.1 Å². The summed E-state index contributed by atoms with van der Waals surface area (Å²) in [6.45, 7) is 1.71. The molecular formula is C19H21N3OS2. The number of nitrogens with one attached hydrogen (secondary N) is 1. The molecule has 0 unspecified atom stereocenters. The molecule has 2 aromatic rings. The molecule has 6 heteroatoms. The van der Waals surface area contributed by atoms with Crippen LogP contribution in [0.5, 0.6) is 0 Å². The number of nitriles is 1. The predicted molar refractivity (Wildman–Crippen MR) is 102 cm³/mol. The number of carbonyl (C=O) groups excluding carboxylic acids is 1. The second kappa shape index (κ2) is 7.28. The van der Waals surface area contributed by atoms with Gasteiger partial charge in [-0.15, -0.1) is 11.3 Å². The molecule has 2 aliphatic rings. The molecule has 0 aromatic carbocycles.